The minimum Gasteiger partial charge on any atom is -0.494 e. The molecule has 4 aromatic rings. The third kappa shape index (κ3) is 4.48. The van der Waals surface area contributed by atoms with E-state index in [1.807, 2.05) is 78.6 Å². The number of hydrogen-bond acceptors (Lipinski definition) is 6. The first-order valence-electron chi connectivity index (χ1n) is 11.2. The van der Waals surface area contributed by atoms with E-state index in [4.69, 9.17) is 4.74 Å². The minimum absolute atomic E-state index is 0.0295. The van der Waals surface area contributed by atoms with Crippen LogP contribution in [0.2, 0.25) is 0 Å². The molecule has 7 heteroatoms. The van der Waals surface area contributed by atoms with Gasteiger partial charge in [-0.3, -0.25) is 4.79 Å². The molecule has 0 N–H and O–H groups in total. The van der Waals surface area contributed by atoms with Gasteiger partial charge < -0.3 is 14.5 Å². The predicted octanol–water partition coefficient (Wildman–Crippen LogP) is 4.05. The van der Waals surface area contributed by atoms with Gasteiger partial charge in [-0.25, -0.2) is 15.0 Å². The highest BCUT2D eigenvalue weighted by Gasteiger charge is 2.24. The Balaban J connectivity index is 1.26. The maximum absolute atomic E-state index is 13.0. The summed E-state index contributed by atoms with van der Waals surface area (Å²) < 4.78 is 5.52. The molecule has 7 nitrogen and oxygen atoms in total. The van der Waals surface area contributed by atoms with Gasteiger partial charge in [0.25, 0.3) is 5.91 Å². The Labute approximate surface area is 192 Å². The van der Waals surface area contributed by atoms with E-state index < -0.39 is 0 Å². The van der Waals surface area contributed by atoms with Crippen molar-refractivity contribution in [3.05, 3.63) is 78.8 Å². The Hall–Kier alpha value is -4.00. The van der Waals surface area contributed by atoms with Crippen LogP contribution in [0.25, 0.3) is 22.2 Å². The SMILES string of the molecule is CCOc1ccc(-c2cc(N3CCN(C(=O)c4ccc5ccccc5n4)CC3)ncn2)cc1. The van der Waals surface area contributed by atoms with Crippen molar-refractivity contribution in [2.75, 3.05) is 37.7 Å². The molecule has 1 aliphatic rings. The van der Waals surface area contributed by atoms with Gasteiger partial charge in [-0.15, -0.1) is 0 Å². The van der Waals surface area contributed by atoms with Crippen LogP contribution in [0.5, 0.6) is 5.75 Å². The summed E-state index contributed by atoms with van der Waals surface area (Å²) in [7, 11) is 0. The third-order valence-corrected chi connectivity index (χ3v) is 5.82. The van der Waals surface area contributed by atoms with Crippen molar-refractivity contribution in [2.45, 2.75) is 6.92 Å². The van der Waals surface area contributed by atoms with Gasteiger partial charge >= 0.3 is 0 Å². The van der Waals surface area contributed by atoms with E-state index in [9.17, 15) is 4.79 Å². The standard InChI is InChI=1S/C26H25N5O2/c1-2-33-21-10-7-20(8-11-21)24-17-25(28-18-27-24)30-13-15-31(16-14-30)26(32)23-12-9-19-5-3-4-6-22(19)29-23/h3-12,17-18H,2,13-16H2,1H3. The van der Waals surface area contributed by atoms with Gasteiger partial charge in [-0.05, 0) is 43.3 Å². The summed E-state index contributed by atoms with van der Waals surface area (Å²) in [6.07, 6.45) is 1.59. The summed E-state index contributed by atoms with van der Waals surface area (Å²) in [6.45, 7) is 5.27. The lowest BCUT2D eigenvalue weighted by atomic mass is 10.1. The number of para-hydroxylation sites is 1. The van der Waals surface area contributed by atoms with E-state index >= 15 is 0 Å². The summed E-state index contributed by atoms with van der Waals surface area (Å²) in [5, 5.41) is 1.03. The summed E-state index contributed by atoms with van der Waals surface area (Å²) in [5.74, 6) is 1.68. The Kier molecular flexibility index (Phi) is 5.85. The van der Waals surface area contributed by atoms with E-state index in [-0.39, 0.29) is 5.91 Å². The quantitative estimate of drug-likeness (QED) is 0.467. The van der Waals surface area contributed by atoms with Crippen LogP contribution in [0, 0.1) is 0 Å². The number of aromatic nitrogens is 3. The fourth-order valence-electron chi connectivity index (χ4n) is 4.05. The molecule has 0 unspecified atom stereocenters. The minimum atomic E-state index is -0.0295. The summed E-state index contributed by atoms with van der Waals surface area (Å²) in [6, 6.07) is 21.5. The molecule has 2 aromatic heterocycles. The van der Waals surface area contributed by atoms with Crippen LogP contribution in [0.4, 0.5) is 5.82 Å². The molecule has 0 atom stereocenters. The highest BCUT2D eigenvalue weighted by Crippen LogP contribution is 2.24. The van der Waals surface area contributed by atoms with E-state index in [2.05, 4.69) is 19.9 Å². The number of amides is 1. The van der Waals surface area contributed by atoms with Crippen molar-refractivity contribution in [3.8, 4) is 17.0 Å². The molecule has 0 saturated carbocycles. The maximum atomic E-state index is 13.0. The second-order valence-corrected chi connectivity index (χ2v) is 7.89. The molecule has 0 bridgehead atoms. The molecule has 3 heterocycles. The van der Waals surface area contributed by atoms with E-state index in [0.717, 1.165) is 33.7 Å². The van der Waals surface area contributed by atoms with Gasteiger partial charge in [-0.1, -0.05) is 24.3 Å². The lowest BCUT2D eigenvalue weighted by Gasteiger charge is -2.35. The van der Waals surface area contributed by atoms with Crippen molar-refractivity contribution in [1.29, 1.82) is 0 Å². The molecule has 0 spiro atoms. The number of rotatable bonds is 5. The number of nitrogens with zero attached hydrogens (tertiary/aromatic N) is 5. The Morgan fingerprint density at radius 3 is 2.52 bits per heavy atom. The van der Waals surface area contributed by atoms with Crippen LogP contribution in [-0.4, -0.2) is 58.5 Å². The molecule has 1 amide bonds. The molecular formula is C26H25N5O2. The molecular weight excluding hydrogens is 414 g/mol. The van der Waals surface area contributed by atoms with E-state index in [1.54, 1.807) is 6.33 Å². The van der Waals surface area contributed by atoms with Crippen LogP contribution in [0.15, 0.2) is 73.1 Å². The zero-order valence-corrected chi connectivity index (χ0v) is 18.5. The van der Waals surface area contributed by atoms with Crippen molar-refractivity contribution in [3.63, 3.8) is 0 Å². The Morgan fingerprint density at radius 2 is 1.73 bits per heavy atom. The first-order chi connectivity index (χ1) is 16.2. The van der Waals surface area contributed by atoms with Crippen molar-refractivity contribution < 1.29 is 9.53 Å². The molecule has 1 fully saturated rings. The van der Waals surface area contributed by atoms with Crippen LogP contribution < -0.4 is 9.64 Å². The lowest BCUT2D eigenvalue weighted by Crippen LogP contribution is -2.49. The first kappa shape index (κ1) is 20.9. The van der Waals surface area contributed by atoms with Crippen LogP contribution in [-0.2, 0) is 0 Å². The number of anilines is 1. The third-order valence-electron chi connectivity index (χ3n) is 5.82. The fourth-order valence-corrected chi connectivity index (χ4v) is 4.05. The maximum Gasteiger partial charge on any atom is 0.272 e. The molecule has 0 radical (unpaired) electrons. The number of fused-ring (bicyclic) bond motifs is 1. The van der Waals surface area contributed by atoms with Gasteiger partial charge in [0.15, 0.2) is 0 Å². The topological polar surface area (TPSA) is 71.5 Å². The van der Waals surface area contributed by atoms with Crippen molar-refractivity contribution in [1.82, 2.24) is 19.9 Å². The summed E-state index contributed by atoms with van der Waals surface area (Å²) in [5.41, 5.74) is 3.20. The highest BCUT2D eigenvalue weighted by molar-refractivity contribution is 5.95. The zero-order chi connectivity index (χ0) is 22.6. The fraction of sp³-hybridized carbons (Fsp3) is 0.231. The van der Waals surface area contributed by atoms with E-state index in [0.29, 0.717) is 38.5 Å². The smallest absolute Gasteiger partial charge is 0.272 e. The van der Waals surface area contributed by atoms with Crippen LogP contribution in [0.3, 0.4) is 0 Å². The average molecular weight is 440 g/mol. The number of ether oxygens (including phenoxy) is 1. The highest BCUT2D eigenvalue weighted by atomic mass is 16.5. The van der Waals surface area contributed by atoms with Crippen molar-refractivity contribution in [2.24, 2.45) is 0 Å². The monoisotopic (exact) mass is 439 g/mol. The Bertz CT molecular complexity index is 1270. The molecule has 2 aromatic carbocycles. The largest absolute Gasteiger partial charge is 0.494 e. The first-order valence-corrected chi connectivity index (χ1v) is 11.2. The predicted molar refractivity (Wildman–Crippen MR) is 128 cm³/mol. The number of carbonyl (C=O) groups is 1. The van der Waals surface area contributed by atoms with Crippen molar-refractivity contribution >= 4 is 22.6 Å². The number of piperazine rings is 1. The lowest BCUT2D eigenvalue weighted by molar-refractivity contribution is 0.0741. The normalized spacial score (nSPS) is 13.8. The second kappa shape index (κ2) is 9.24. The molecule has 33 heavy (non-hydrogen) atoms. The van der Waals surface area contributed by atoms with Gasteiger partial charge in [0.1, 0.15) is 23.6 Å². The van der Waals surface area contributed by atoms with Gasteiger partial charge in [-0.2, -0.15) is 0 Å². The molecule has 1 aliphatic heterocycles. The molecule has 1 saturated heterocycles. The molecule has 166 valence electrons. The number of pyridine rings is 1. The molecule has 0 aliphatic carbocycles. The van der Waals surface area contributed by atoms with Gasteiger partial charge in [0, 0.05) is 43.2 Å². The number of hydrogen-bond donors (Lipinski definition) is 0. The van der Waals surface area contributed by atoms with Crippen LogP contribution in [0.1, 0.15) is 17.4 Å². The van der Waals surface area contributed by atoms with Crippen LogP contribution >= 0.6 is 0 Å². The van der Waals surface area contributed by atoms with Gasteiger partial charge in [0.05, 0.1) is 17.8 Å². The zero-order valence-electron chi connectivity index (χ0n) is 18.5. The van der Waals surface area contributed by atoms with E-state index in [1.165, 1.54) is 0 Å². The Morgan fingerprint density at radius 1 is 0.939 bits per heavy atom. The average Bonchev–Trinajstić information content (AvgIpc) is 2.89. The number of benzene rings is 2. The second-order valence-electron chi connectivity index (χ2n) is 7.89. The summed E-state index contributed by atoms with van der Waals surface area (Å²) in [4.78, 5) is 30.5. The summed E-state index contributed by atoms with van der Waals surface area (Å²) >= 11 is 0. The number of carbonyl (C=O) groups excluding carboxylic acids is 1. The molecule has 5 rings (SSSR count). The van der Waals surface area contributed by atoms with Gasteiger partial charge in [0.2, 0.25) is 0 Å².